The van der Waals surface area contributed by atoms with E-state index in [-0.39, 0.29) is 25.2 Å². The van der Waals surface area contributed by atoms with E-state index in [0.29, 0.717) is 16.6 Å². The van der Waals surface area contributed by atoms with Crippen LogP contribution in [0.5, 0.6) is 0 Å². The highest BCUT2D eigenvalue weighted by Gasteiger charge is 2.40. The van der Waals surface area contributed by atoms with Crippen molar-refractivity contribution in [2.45, 2.75) is 25.2 Å². The first kappa shape index (κ1) is 23.0. The Bertz CT molecular complexity index is 1440. The first-order valence-electron chi connectivity index (χ1n) is 11.1. The Morgan fingerprint density at radius 3 is 2.67 bits per heavy atom. The highest BCUT2D eigenvalue weighted by Crippen LogP contribution is 2.27. The van der Waals surface area contributed by atoms with Crippen LogP contribution in [0.3, 0.4) is 0 Å². The Morgan fingerprint density at radius 1 is 1.08 bits per heavy atom. The summed E-state index contributed by atoms with van der Waals surface area (Å²) in [7, 11) is 0. The number of pyridine rings is 1. The zero-order chi connectivity index (χ0) is 25.2. The molecule has 11 nitrogen and oxygen atoms in total. The second kappa shape index (κ2) is 9.49. The molecule has 3 amide bonds. The molecule has 1 aliphatic rings. The molecule has 12 heteroatoms. The summed E-state index contributed by atoms with van der Waals surface area (Å²) in [6, 6.07) is 9.33. The van der Waals surface area contributed by atoms with E-state index in [0.717, 1.165) is 11.1 Å². The molecule has 36 heavy (non-hydrogen) atoms. The Morgan fingerprint density at radius 2 is 1.94 bits per heavy atom. The molecule has 5 rings (SSSR count). The maximum Gasteiger partial charge on any atom is 0.269 e. The van der Waals surface area contributed by atoms with Gasteiger partial charge in [0, 0.05) is 23.6 Å². The summed E-state index contributed by atoms with van der Waals surface area (Å²) in [6.45, 7) is -0.519. The van der Waals surface area contributed by atoms with Gasteiger partial charge in [-0.2, -0.15) is 15.3 Å². The summed E-state index contributed by atoms with van der Waals surface area (Å²) < 4.78 is 15.7. The molecule has 4 aromatic rings. The molecule has 0 saturated carbocycles. The maximum absolute atomic E-state index is 14.3. The molecule has 182 valence electrons. The smallest absolute Gasteiger partial charge is 0.269 e. The number of hydrogen-bond donors (Lipinski definition) is 2. The van der Waals surface area contributed by atoms with Crippen molar-refractivity contribution in [3.63, 3.8) is 0 Å². The molecule has 2 atom stereocenters. The second-order valence-corrected chi connectivity index (χ2v) is 8.36. The number of anilines is 1. The van der Waals surface area contributed by atoms with Crippen LogP contribution in [0.15, 0.2) is 61.2 Å². The number of aromatic nitrogens is 5. The number of rotatable bonds is 6. The Kier molecular flexibility index (Phi) is 6.07. The molecular formula is C24H21FN8O3. The zero-order valence-corrected chi connectivity index (χ0v) is 18.9. The molecule has 1 aliphatic heterocycles. The fraction of sp³-hybridized carbons (Fsp3) is 0.208. The van der Waals surface area contributed by atoms with Gasteiger partial charge in [0.1, 0.15) is 18.8 Å². The quantitative estimate of drug-likeness (QED) is 0.418. The molecule has 1 fully saturated rings. The predicted octanol–water partition coefficient (Wildman–Crippen LogP) is 1.56. The largest absolute Gasteiger partial charge is 0.364 e. The third kappa shape index (κ3) is 4.48. The number of nitrogens with two attached hydrogens (primary N) is 1. The average molecular weight is 488 g/mol. The van der Waals surface area contributed by atoms with Gasteiger partial charge >= 0.3 is 0 Å². The monoisotopic (exact) mass is 488 g/mol. The predicted molar refractivity (Wildman–Crippen MR) is 127 cm³/mol. The average Bonchev–Trinajstić information content (AvgIpc) is 3.46. The number of halogens is 1. The summed E-state index contributed by atoms with van der Waals surface area (Å²) >= 11 is 0. The first-order valence-corrected chi connectivity index (χ1v) is 11.1. The molecular weight excluding hydrogens is 467 g/mol. The number of likely N-dealkylation sites (tertiary alicyclic amines) is 1. The zero-order valence-electron chi connectivity index (χ0n) is 18.9. The third-order valence-electron chi connectivity index (χ3n) is 5.99. The highest BCUT2D eigenvalue weighted by atomic mass is 19.1. The summed E-state index contributed by atoms with van der Waals surface area (Å²) in [6.07, 6.45) is 4.69. The molecule has 3 N–H and O–H groups in total. The molecule has 1 saturated heterocycles. The van der Waals surface area contributed by atoms with Gasteiger partial charge in [-0.1, -0.05) is 6.07 Å². The molecule has 1 aromatic carbocycles. The van der Waals surface area contributed by atoms with Crippen LogP contribution >= 0.6 is 0 Å². The van der Waals surface area contributed by atoms with Gasteiger partial charge in [-0.25, -0.2) is 4.39 Å². The number of amides is 3. The number of nitrogens with zero attached hydrogens (tertiary/aromatic N) is 6. The number of nitrogens with one attached hydrogen (secondary N) is 1. The number of hydrogen-bond acceptors (Lipinski definition) is 7. The Balaban J connectivity index is 1.41. The van der Waals surface area contributed by atoms with Crippen molar-refractivity contribution in [3.8, 4) is 11.1 Å². The van der Waals surface area contributed by atoms with Crippen LogP contribution in [0.1, 0.15) is 16.9 Å². The Hall–Kier alpha value is -4.74. The molecule has 2 unspecified atom stereocenters. The summed E-state index contributed by atoms with van der Waals surface area (Å²) in [5.74, 6) is -1.77. The molecule has 0 radical (unpaired) electrons. The molecule has 0 aliphatic carbocycles. The number of fused-ring (bicyclic) bond motifs is 1. The minimum Gasteiger partial charge on any atom is -0.364 e. The van der Waals surface area contributed by atoms with E-state index in [1.54, 1.807) is 55.0 Å². The van der Waals surface area contributed by atoms with E-state index in [1.165, 1.54) is 15.8 Å². The van der Waals surface area contributed by atoms with Crippen LogP contribution in [0.2, 0.25) is 0 Å². The van der Waals surface area contributed by atoms with E-state index in [9.17, 15) is 18.8 Å². The maximum atomic E-state index is 14.3. The van der Waals surface area contributed by atoms with Gasteiger partial charge in [-0.05, 0) is 35.9 Å². The SMILES string of the molecule is NC(=O)c1nn(CC(=O)N2CC(F)CC2C(=O)Nc2cccnc2)c2ccc(-c3ccnnc3)cc12. The van der Waals surface area contributed by atoms with Gasteiger partial charge in [0.25, 0.3) is 5.91 Å². The van der Waals surface area contributed by atoms with Crippen molar-refractivity contribution in [1.82, 2.24) is 29.9 Å². The van der Waals surface area contributed by atoms with E-state index in [1.807, 2.05) is 0 Å². The van der Waals surface area contributed by atoms with Gasteiger partial charge in [0.2, 0.25) is 11.8 Å². The van der Waals surface area contributed by atoms with Crippen LogP contribution in [-0.2, 0) is 16.1 Å². The minimum absolute atomic E-state index is 0.00248. The van der Waals surface area contributed by atoms with Crippen LogP contribution < -0.4 is 11.1 Å². The lowest BCUT2D eigenvalue weighted by Crippen LogP contribution is -2.44. The molecule has 4 heterocycles. The number of benzene rings is 1. The number of carbonyl (C=O) groups is 3. The highest BCUT2D eigenvalue weighted by molar-refractivity contribution is 6.05. The van der Waals surface area contributed by atoms with E-state index in [2.05, 4.69) is 25.6 Å². The van der Waals surface area contributed by atoms with Gasteiger partial charge in [0.15, 0.2) is 5.69 Å². The fourth-order valence-corrected chi connectivity index (χ4v) is 4.31. The minimum atomic E-state index is -1.34. The lowest BCUT2D eigenvalue weighted by molar-refractivity contribution is -0.137. The summed E-state index contributed by atoms with van der Waals surface area (Å²) in [5.41, 5.74) is 8.03. The van der Waals surface area contributed by atoms with Gasteiger partial charge in [-0.15, -0.1) is 0 Å². The van der Waals surface area contributed by atoms with Gasteiger partial charge < -0.3 is 16.0 Å². The Labute approximate surface area is 204 Å². The molecule has 0 spiro atoms. The lowest BCUT2D eigenvalue weighted by Gasteiger charge is -2.23. The van der Waals surface area contributed by atoms with E-state index < -0.39 is 29.9 Å². The van der Waals surface area contributed by atoms with Crippen LogP contribution in [-0.4, -0.2) is 66.3 Å². The topological polar surface area (TPSA) is 149 Å². The van der Waals surface area contributed by atoms with Crippen LogP contribution in [0.4, 0.5) is 10.1 Å². The van der Waals surface area contributed by atoms with Crippen molar-refractivity contribution < 1.29 is 18.8 Å². The van der Waals surface area contributed by atoms with E-state index in [4.69, 9.17) is 5.73 Å². The van der Waals surface area contributed by atoms with Crippen molar-refractivity contribution >= 4 is 34.3 Å². The lowest BCUT2D eigenvalue weighted by atomic mass is 10.0. The van der Waals surface area contributed by atoms with Gasteiger partial charge in [-0.3, -0.25) is 24.0 Å². The van der Waals surface area contributed by atoms with Crippen LogP contribution in [0.25, 0.3) is 22.0 Å². The summed E-state index contributed by atoms with van der Waals surface area (Å²) in [5, 5.41) is 15.0. The number of carbonyl (C=O) groups excluding carboxylic acids is 3. The number of alkyl halides is 1. The van der Waals surface area contributed by atoms with Crippen molar-refractivity contribution in [2.24, 2.45) is 5.73 Å². The first-order chi connectivity index (χ1) is 17.4. The third-order valence-corrected chi connectivity index (χ3v) is 5.99. The van der Waals surface area contributed by atoms with Gasteiger partial charge in [0.05, 0.1) is 36.3 Å². The van der Waals surface area contributed by atoms with Crippen molar-refractivity contribution in [1.29, 1.82) is 0 Å². The summed E-state index contributed by atoms with van der Waals surface area (Å²) in [4.78, 5) is 43.3. The van der Waals surface area contributed by atoms with Crippen LogP contribution in [0, 0.1) is 0 Å². The molecule has 3 aromatic heterocycles. The van der Waals surface area contributed by atoms with Crippen molar-refractivity contribution in [3.05, 3.63) is 66.9 Å². The van der Waals surface area contributed by atoms with Crippen molar-refractivity contribution in [2.75, 3.05) is 11.9 Å². The standard InChI is InChI=1S/C24H21FN8O3/c25-16-9-20(24(36)30-17-2-1-6-27-11-17)32(12-16)21(34)13-33-19-4-3-14(15-5-7-28-29-10-15)8-18(19)22(31-33)23(26)35/h1-8,10-11,16,20H,9,12-13H2,(H2,26,35)(H,30,36). The molecule has 0 bridgehead atoms. The number of primary amides is 1. The normalized spacial score (nSPS) is 17.3. The second-order valence-electron chi connectivity index (χ2n) is 8.36. The fourth-order valence-electron chi connectivity index (χ4n) is 4.31. The van der Waals surface area contributed by atoms with E-state index >= 15 is 0 Å².